The highest BCUT2D eigenvalue weighted by Crippen LogP contribution is 2.25. The lowest BCUT2D eigenvalue weighted by molar-refractivity contribution is 0.102. The van der Waals surface area contributed by atoms with E-state index in [-0.39, 0.29) is 15.5 Å². The lowest BCUT2D eigenvalue weighted by Crippen LogP contribution is -2.23. The van der Waals surface area contributed by atoms with Crippen LogP contribution < -0.4 is 5.32 Å². The van der Waals surface area contributed by atoms with Crippen molar-refractivity contribution in [3.05, 3.63) is 59.2 Å². The molecule has 0 radical (unpaired) electrons. The fourth-order valence-corrected chi connectivity index (χ4v) is 3.93. The van der Waals surface area contributed by atoms with E-state index in [0.717, 1.165) is 21.8 Å². The van der Waals surface area contributed by atoms with Gasteiger partial charge in [0.15, 0.2) is 0 Å². The van der Waals surface area contributed by atoms with Crippen molar-refractivity contribution in [2.75, 3.05) is 19.4 Å². The van der Waals surface area contributed by atoms with Crippen LogP contribution in [-0.2, 0) is 16.6 Å². The molecule has 0 saturated heterocycles. The molecule has 0 aliphatic rings. The van der Waals surface area contributed by atoms with Crippen molar-refractivity contribution >= 4 is 44.1 Å². The number of nitrogens with one attached hydrogen (secondary N) is 1. The van der Waals surface area contributed by atoms with Gasteiger partial charge in [-0.05, 0) is 49.4 Å². The molecular formula is C19H20ClN3O3S. The number of fused-ring (bicyclic) bond motifs is 1. The first kappa shape index (κ1) is 19.4. The maximum Gasteiger partial charge on any atom is 0.257 e. The first-order valence-corrected chi connectivity index (χ1v) is 10.2. The number of nitrogens with zero attached hydrogens (tertiary/aromatic N) is 2. The average molecular weight is 406 g/mol. The number of aryl methyl sites for hydroxylation is 1. The number of aromatic nitrogens is 1. The number of halogens is 1. The van der Waals surface area contributed by atoms with E-state index >= 15 is 0 Å². The average Bonchev–Trinajstić information content (AvgIpc) is 3.03. The molecule has 0 aliphatic heterocycles. The van der Waals surface area contributed by atoms with E-state index in [1.165, 1.54) is 32.3 Å². The van der Waals surface area contributed by atoms with Gasteiger partial charge >= 0.3 is 0 Å². The molecule has 1 N–H and O–H groups in total. The minimum absolute atomic E-state index is 0.0116. The highest BCUT2D eigenvalue weighted by atomic mass is 35.5. The number of rotatable bonds is 5. The Morgan fingerprint density at radius 1 is 1.15 bits per heavy atom. The normalized spacial score (nSPS) is 11.9. The summed E-state index contributed by atoms with van der Waals surface area (Å²) in [6.45, 7) is 2.92. The van der Waals surface area contributed by atoms with Crippen molar-refractivity contribution in [1.29, 1.82) is 0 Å². The molecule has 6 nitrogen and oxygen atoms in total. The summed E-state index contributed by atoms with van der Waals surface area (Å²) in [5.74, 6) is -0.468. The molecule has 0 spiro atoms. The number of carbonyl (C=O) groups excluding carboxylic acids is 1. The van der Waals surface area contributed by atoms with E-state index in [1.54, 1.807) is 6.07 Å². The predicted octanol–water partition coefficient (Wildman–Crippen LogP) is 3.82. The first-order valence-electron chi connectivity index (χ1n) is 8.36. The zero-order valence-corrected chi connectivity index (χ0v) is 16.8. The Labute approximate surface area is 163 Å². The zero-order valence-electron chi connectivity index (χ0n) is 15.2. The molecular weight excluding hydrogens is 386 g/mol. The topological polar surface area (TPSA) is 71.4 Å². The van der Waals surface area contributed by atoms with Crippen LogP contribution in [0.15, 0.2) is 53.6 Å². The van der Waals surface area contributed by atoms with Gasteiger partial charge in [0.1, 0.15) is 0 Å². The molecule has 27 heavy (non-hydrogen) atoms. The third-order valence-electron chi connectivity index (χ3n) is 4.33. The standard InChI is InChI=1S/C19H20ClN3O3S/c1-4-23-10-9-13-11-14(5-8-18(13)23)21-19(24)16-12-15(6-7-17(16)20)27(25,26)22(2)3/h5-12H,4H2,1-3H3,(H,21,24). The van der Waals surface area contributed by atoms with Gasteiger partial charge in [0.25, 0.3) is 5.91 Å². The summed E-state index contributed by atoms with van der Waals surface area (Å²) < 4.78 is 27.8. The highest BCUT2D eigenvalue weighted by Gasteiger charge is 2.21. The highest BCUT2D eigenvalue weighted by molar-refractivity contribution is 7.89. The van der Waals surface area contributed by atoms with E-state index in [9.17, 15) is 13.2 Å². The maximum atomic E-state index is 12.7. The van der Waals surface area contributed by atoms with E-state index in [1.807, 2.05) is 24.4 Å². The van der Waals surface area contributed by atoms with Gasteiger partial charge in [-0.15, -0.1) is 0 Å². The minimum atomic E-state index is -3.66. The molecule has 2 aromatic carbocycles. The predicted molar refractivity (Wildman–Crippen MR) is 108 cm³/mol. The van der Waals surface area contributed by atoms with Gasteiger partial charge in [0, 0.05) is 43.4 Å². The molecule has 1 amide bonds. The number of sulfonamides is 1. The number of hydrogen-bond acceptors (Lipinski definition) is 3. The smallest absolute Gasteiger partial charge is 0.257 e. The van der Waals surface area contributed by atoms with Crippen LogP contribution in [0.4, 0.5) is 5.69 Å². The van der Waals surface area contributed by atoms with E-state index < -0.39 is 15.9 Å². The van der Waals surface area contributed by atoms with Crippen LogP contribution in [-0.4, -0.2) is 37.3 Å². The lowest BCUT2D eigenvalue weighted by atomic mass is 10.2. The van der Waals surface area contributed by atoms with Crippen molar-refractivity contribution in [2.24, 2.45) is 0 Å². The van der Waals surface area contributed by atoms with Crippen LogP contribution in [0.5, 0.6) is 0 Å². The quantitative estimate of drug-likeness (QED) is 0.701. The Balaban J connectivity index is 1.92. The summed E-state index contributed by atoms with van der Waals surface area (Å²) in [6, 6.07) is 11.7. The van der Waals surface area contributed by atoms with Crippen LogP contribution in [0.25, 0.3) is 10.9 Å². The lowest BCUT2D eigenvalue weighted by Gasteiger charge is -2.13. The fourth-order valence-electron chi connectivity index (χ4n) is 2.80. The summed E-state index contributed by atoms with van der Waals surface area (Å²) in [7, 11) is -0.796. The van der Waals surface area contributed by atoms with Crippen LogP contribution in [0, 0.1) is 0 Å². The molecule has 0 unspecified atom stereocenters. The molecule has 0 bridgehead atoms. The van der Waals surface area contributed by atoms with Gasteiger partial charge < -0.3 is 9.88 Å². The molecule has 142 valence electrons. The van der Waals surface area contributed by atoms with Crippen molar-refractivity contribution < 1.29 is 13.2 Å². The fraction of sp³-hybridized carbons (Fsp3) is 0.211. The minimum Gasteiger partial charge on any atom is -0.348 e. The van der Waals surface area contributed by atoms with Gasteiger partial charge in [-0.1, -0.05) is 11.6 Å². The van der Waals surface area contributed by atoms with Crippen molar-refractivity contribution in [3.63, 3.8) is 0 Å². The third-order valence-corrected chi connectivity index (χ3v) is 6.47. The first-order chi connectivity index (χ1) is 12.7. The molecule has 0 atom stereocenters. The van der Waals surface area contributed by atoms with Crippen molar-refractivity contribution in [3.8, 4) is 0 Å². The summed E-state index contributed by atoms with van der Waals surface area (Å²) in [4.78, 5) is 12.7. The Hall–Kier alpha value is -2.35. The Kier molecular flexibility index (Phi) is 5.28. The van der Waals surface area contributed by atoms with Crippen molar-refractivity contribution in [1.82, 2.24) is 8.87 Å². The number of benzene rings is 2. The molecule has 0 aliphatic carbocycles. The summed E-state index contributed by atoms with van der Waals surface area (Å²) >= 11 is 6.13. The molecule has 3 rings (SSSR count). The van der Waals surface area contributed by atoms with Crippen molar-refractivity contribution in [2.45, 2.75) is 18.4 Å². The second kappa shape index (κ2) is 7.34. The molecule has 1 aromatic heterocycles. The second-order valence-electron chi connectivity index (χ2n) is 6.26. The largest absolute Gasteiger partial charge is 0.348 e. The van der Waals surface area contributed by atoms with Gasteiger partial charge in [-0.2, -0.15) is 0 Å². The third kappa shape index (κ3) is 3.71. The van der Waals surface area contributed by atoms with Crippen LogP contribution in [0.1, 0.15) is 17.3 Å². The van der Waals surface area contributed by atoms with Crippen LogP contribution in [0.2, 0.25) is 5.02 Å². The zero-order chi connectivity index (χ0) is 19.8. The van der Waals surface area contributed by atoms with Crippen LogP contribution in [0.3, 0.4) is 0 Å². The molecule has 0 saturated carbocycles. The van der Waals surface area contributed by atoms with Gasteiger partial charge in [-0.25, -0.2) is 12.7 Å². The molecule has 0 fully saturated rings. The van der Waals surface area contributed by atoms with E-state index in [4.69, 9.17) is 11.6 Å². The monoisotopic (exact) mass is 405 g/mol. The SMILES string of the molecule is CCn1ccc2cc(NC(=O)c3cc(S(=O)(=O)N(C)C)ccc3Cl)ccc21. The molecule has 8 heteroatoms. The molecule has 3 aromatic rings. The van der Waals surface area contributed by atoms with Gasteiger partial charge in [0.2, 0.25) is 10.0 Å². The Morgan fingerprint density at radius 2 is 1.89 bits per heavy atom. The summed E-state index contributed by atoms with van der Waals surface area (Å²) in [5, 5.41) is 3.97. The number of anilines is 1. The number of hydrogen-bond donors (Lipinski definition) is 1. The summed E-state index contributed by atoms with van der Waals surface area (Å²) in [6.07, 6.45) is 1.99. The van der Waals surface area contributed by atoms with E-state index in [2.05, 4.69) is 16.8 Å². The van der Waals surface area contributed by atoms with Gasteiger partial charge in [0.05, 0.1) is 15.5 Å². The Bertz CT molecular complexity index is 1120. The Morgan fingerprint density at radius 3 is 2.56 bits per heavy atom. The number of carbonyl (C=O) groups is 1. The second-order valence-corrected chi connectivity index (χ2v) is 8.82. The van der Waals surface area contributed by atoms with Gasteiger partial charge in [-0.3, -0.25) is 4.79 Å². The summed E-state index contributed by atoms with van der Waals surface area (Å²) in [5.41, 5.74) is 1.79. The maximum absolute atomic E-state index is 12.7. The van der Waals surface area contributed by atoms with E-state index in [0.29, 0.717) is 5.69 Å². The number of amides is 1. The molecule has 1 heterocycles. The van der Waals surface area contributed by atoms with Crippen LogP contribution >= 0.6 is 11.6 Å².